The summed E-state index contributed by atoms with van der Waals surface area (Å²) in [5.74, 6) is -0.633. The van der Waals surface area contributed by atoms with Gasteiger partial charge >= 0.3 is 6.18 Å². The maximum absolute atomic E-state index is 12.5. The molecule has 2 saturated carbocycles. The summed E-state index contributed by atoms with van der Waals surface area (Å²) in [6.45, 7) is 14.3. The third kappa shape index (κ3) is 9.96. The van der Waals surface area contributed by atoms with E-state index in [-0.39, 0.29) is 43.6 Å². The van der Waals surface area contributed by atoms with Crippen LogP contribution in [0.2, 0.25) is 0 Å². The number of hydrogen-bond acceptors (Lipinski definition) is 5. The Hall–Kier alpha value is -3.39. The molecule has 0 atom stereocenters. The van der Waals surface area contributed by atoms with Crippen molar-refractivity contribution in [2.75, 3.05) is 0 Å². The van der Waals surface area contributed by atoms with Crippen molar-refractivity contribution in [3.05, 3.63) is 95.5 Å². The van der Waals surface area contributed by atoms with Crippen molar-refractivity contribution < 1.29 is 43.2 Å². The van der Waals surface area contributed by atoms with Crippen LogP contribution in [0.25, 0.3) is 42.7 Å². The van der Waals surface area contributed by atoms with Crippen molar-refractivity contribution in [1.82, 2.24) is 9.97 Å². The summed E-state index contributed by atoms with van der Waals surface area (Å²) in [6.07, 6.45) is 10.9. The molecule has 0 saturated heterocycles. The molecule has 1 N–H and O–H groups in total. The average molecular weight is 988 g/mol. The number of nitrogens with zero attached hydrogens (tertiary/aromatic N) is 2. The van der Waals surface area contributed by atoms with Gasteiger partial charge in [0.05, 0.1) is 11.3 Å². The number of benzene rings is 3. The molecule has 4 nitrogen and oxygen atoms in total. The van der Waals surface area contributed by atoms with Crippen LogP contribution < -0.4 is 0 Å². The molecule has 2 heterocycles. The second kappa shape index (κ2) is 18.1. The van der Waals surface area contributed by atoms with Gasteiger partial charge in [0.1, 0.15) is 11.7 Å². The largest absolute Gasteiger partial charge is 0.512 e. The Bertz CT molecular complexity index is 2230. The van der Waals surface area contributed by atoms with Crippen LogP contribution in [0, 0.1) is 29.7 Å². The van der Waals surface area contributed by atoms with E-state index in [9.17, 15) is 23.1 Å². The Morgan fingerprint density at radius 1 is 0.948 bits per heavy atom. The topological polar surface area (TPSA) is 63.1 Å². The predicted octanol–water partition coefficient (Wildman–Crippen LogP) is 14.8. The fourth-order valence-electron chi connectivity index (χ4n) is 8.69. The van der Waals surface area contributed by atoms with Gasteiger partial charge in [-0.15, -0.1) is 40.5 Å². The first-order chi connectivity index (χ1) is 26.8. The molecule has 58 heavy (non-hydrogen) atoms. The van der Waals surface area contributed by atoms with Gasteiger partial charge in [-0.3, -0.25) is 9.78 Å². The van der Waals surface area contributed by atoms with Crippen molar-refractivity contribution in [3.63, 3.8) is 0 Å². The Morgan fingerprint density at radius 2 is 1.59 bits per heavy atom. The number of fused-ring (bicyclic) bond motifs is 2. The van der Waals surface area contributed by atoms with E-state index in [1.165, 1.54) is 90.3 Å². The van der Waals surface area contributed by atoms with Crippen LogP contribution in [-0.2, 0) is 30.3 Å². The summed E-state index contributed by atoms with van der Waals surface area (Å²) in [5, 5.41) is 11.7. The predicted molar refractivity (Wildman–Crippen MR) is 230 cm³/mol. The van der Waals surface area contributed by atoms with Crippen LogP contribution in [0.1, 0.15) is 135 Å². The molecule has 3 aromatic carbocycles. The summed E-state index contributed by atoms with van der Waals surface area (Å²) in [5.41, 5.74) is 6.72. The Balaban J connectivity index is 0.000000323. The van der Waals surface area contributed by atoms with Gasteiger partial charge in [-0.1, -0.05) is 107 Å². The number of hydrogen-bond donors (Lipinski definition) is 1. The molecule has 0 bridgehead atoms. The fraction of sp³-hybridized carbons (Fsp3) is 0.490. The minimum atomic E-state index is -4.61. The molecule has 2 aromatic heterocycles. The number of allylic oxidation sites excluding steroid dienone is 2. The third-order valence-corrected chi connectivity index (χ3v) is 13.7. The smallest absolute Gasteiger partial charge is 0.401 e. The van der Waals surface area contributed by atoms with Gasteiger partial charge in [0.25, 0.3) is 0 Å². The zero-order chi connectivity index (χ0) is 41.3. The summed E-state index contributed by atoms with van der Waals surface area (Å²) in [7, 11) is 0. The van der Waals surface area contributed by atoms with Gasteiger partial charge in [0.2, 0.25) is 0 Å². The Labute approximate surface area is 360 Å². The van der Waals surface area contributed by atoms with E-state index in [1.54, 1.807) is 20.2 Å². The number of aryl methyl sites for hydroxylation is 1. The molecular formula is C49H58F3IrN2O2S-. The molecule has 0 aliphatic heterocycles. The van der Waals surface area contributed by atoms with Gasteiger partial charge in [-0.25, -0.2) is 4.98 Å². The van der Waals surface area contributed by atoms with E-state index < -0.39 is 17.4 Å². The summed E-state index contributed by atoms with van der Waals surface area (Å²) >= 11 is 1.83. The number of thiophene rings is 1. The van der Waals surface area contributed by atoms with E-state index in [1.807, 2.05) is 11.3 Å². The molecule has 5 aromatic rings. The molecule has 0 amide bonds. The van der Waals surface area contributed by atoms with E-state index in [4.69, 9.17) is 9.97 Å². The quantitative estimate of drug-likeness (QED) is 0.100. The number of carbonyl (C=O) groups excluding carboxylic acids is 1. The molecule has 2 aliphatic carbocycles. The molecule has 0 unspecified atom stereocenters. The number of aromatic nitrogens is 2. The molecule has 9 heteroatoms. The minimum absolute atomic E-state index is 0. The zero-order valence-electron chi connectivity index (χ0n) is 35.2. The number of aliphatic hydroxyl groups excluding tert-OH is 1. The second-order valence-corrected chi connectivity index (χ2v) is 19.5. The number of halogens is 3. The van der Waals surface area contributed by atoms with Crippen LogP contribution in [0.15, 0.2) is 72.8 Å². The van der Waals surface area contributed by atoms with Gasteiger partial charge < -0.3 is 5.11 Å². The minimum Gasteiger partial charge on any atom is -0.512 e. The van der Waals surface area contributed by atoms with Crippen LogP contribution in [-0.4, -0.2) is 27.0 Å². The monoisotopic (exact) mass is 988 g/mol. The number of carbonyl (C=O) groups is 1. The molecule has 1 spiro atoms. The van der Waals surface area contributed by atoms with E-state index in [2.05, 4.69) is 88.4 Å². The van der Waals surface area contributed by atoms with Gasteiger partial charge in [0, 0.05) is 47.9 Å². The van der Waals surface area contributed by atoms with Crippen molar-refractivity contribution in [3.8, 4) is 21.7 Å². The van der Waals surface area contributed by atoms with Crippen LogP contribution >= 0.6 is 11.3 Å². The molecule has 2 aliphatic rings. The van der Waals surface area contributed by atoms with Crippen LogP contribution in [0.3, 0.4) is 0 Å². The first-order valence-electron chi connectivity index (χ1n) is 20.6. The number of aliphatic hydroxyl groups is 1. The average Bonchev–Trinajstić information content (AvgIpc) is 3.50. The molecule has 313 valence electrons. The number of rotatable bonds is 7. The van der Waals surface area contributed by atoms with Crippen molar-refractivity contribution in [2.24, 2.45) is 16.7 Å². The van der Waals surface area contributed by atoms with E-state index in [0.717, 1.165) is 46.6 Å². The molecular weight excluding hydrogens is 930 g/mol. The Morgan fingerprint density at radius 3 is 2.19 bits per heavy atom. The number of ketones is 1. The molecule has 2 fully saturated rings. The Kier molecular flexibility index (Phi) is 14.2. The second-order valence-electron chi connectivity index (χ2n) is 18.5. The molecule has 1 radical (unpaired) electrons. The summed E-state index contributed by atoms with van der Waals surface area (Å²) in [6, 6.07) is 24.1. The zero-order valence-corrected chi connectivity index (χ0v) is 38.4. The van der Waals surface area contributed by atoms with Crippen LogP contribution in [0.4, 0.5) is 13.2 Å². The first kappa shape index (κ1) is 45.7. The third-order valence-electron chi connectivity index (χ3n) is 12.4. The standard InChI is InChI=1S/C38H41N2S.C11H17F3O2.Ir/c1-25-33-36(34(40-24-39-33)30-22-29-10-6-7-11-31(29)32(23-30)37(2,3)4)41-35(25)28-14-12-26(13-15-28)27-16-20-38(21-17-27)18-8-5-9-19-38;1-7(2)5-8(15)6-9(16)10(3,4)11(12,13)14;/h6-7,10-15,23-24,27H,5,8-9,16-21H2,1-4H3;6-7,15H,5H2,1-4H3;/q-1;;/b;8-6-;. The maximum atomic E-state index is 12.5. The number of alkyl halides is 3. The van der Waals surface area contributed by atoms with Crippen LogP contribution in [0.5, 0.6) is 0 Å². The van der Waals surface area contributed by atoms with Gasteiger partial charge in [-0.05, 0) is 98.7 Å². The SMILES string of the molecule is CC(C)C/C(O)=C/C(=O)C(C)(C)C(F)(F)F.Cc1c(-c2ccc(C3CCC4(CCCCC4)CC3)cc2)sc2c(-c3[c-]c4ccccc4c(C(C)(C)C)c3)ncnc12.[Ir]. The van der Waals surface area contributed by atoms with E-state index in [0.29, 0.717) is 11.5 Å². The first-order valence-corrected chi connectivity index (χ1v) is 21.4. The normalized spacial score (nSPS) is 16.7. The summed E-state index contributed by atoms with van der Waals surface area (Å²) in [4.78, 5) is 22.2. The molecule has 7 rings (SSSR count). The van der Waals surface area contributed by atoms with Crippen molar-refractivity contribution >= 4 is 38.1 Å². The van der Waals surface area contributed by atoms with Crippen molar-refractivity contribution in [2.45, 2.75) is 137 Å². The van der Waals surface area contributed by atoms with Gasteiger partial charge in [-0.2, -0.15) is 13.2 Å². The van der Waals surface area contributed by atoms with Crippen molar-refractivity contribution in [1.29, 1.82) is 0 Å². The maximum Gasteiger partial charge on any atom is 0.401 e. The fourth-order valence-corrected chi connectivity index (χ4v) is 9.96. The van der Waals surface area contributed by atoms with Gasteiger partial charge in [0.15, 0.2) is 5.78 Å². The van der Waals surface area contributed by atoms with E-state index >= 15 is 0 Å². The summed E-state index contributed by atoms with van der Waals surface area (Å²) < 4.78 is 38.5.